The minimum atomic E-state index is -0.659. The van der Waals surface area contributed by atoms with E-state index in [-0.39, 0.29) is 0 Å². The molecule has 0 spiro atoms. The fourth-order valence-electron chi connectivity index (χ4n) is 2.42. The van der Waals surface area contributed by atoms with Crippen molar-refractivity contribution >= 4 is 39.5 Å². The highest BCUT2D eigenvalue weighted by Crippen LogP contribution is 2.18. The van der Waals surface area contributed by atoms with Gasteiger partial charge in [0, 0.05) is 31.6 Å². The van der Waals surface area contributed by atoms with E-state index >= 15 is 0 Å². The maximum absolute atomic E-state index is 10.6. The van der Waals surface area contributed by atoms with E-state index in [0.717, 1.165) is 30.0 Å². The van der Waals surface area contributed by atoms with Crippen molar-refractivity contribution < 1.29 is 9.77 Å². The number of rotatable bonds is 9. The topological polar surface area (TPSA) is 80.9 Å². The number of benzene rings is 1. The highest BCUT2D eigenvalue weighted by atomic mass is 35.5. The third-order valence-electron chi connectivity index (χ3n) is 3.73. The van der Waals surface area contributed by atoms with Gasteiger partial charge in [0.05, 0.1) is 12.2 Å². The first kappa shape index (κ1) is 22.5. The minimum absolute atomic E-state index is 0.447. The molecule has 0 radical (unpaired) electrons. The summed E-state index contributed by atoms with van der Waals surface area (Å²) < 4.78 is 5.65. The summed E-state index contributed by atoms with van der Waals surface area (Å²) in [4.78, 5) is 17.0. The van der Waals surface area contributed by atoms with Gasteiger partial charge in [-0.05, 0) is 35.6 Å². The summed E-state index contributed by atoms with van der Waals surface area (Å²) in [6, 6.07) is 11.6. The molecule has 2 aromatic rings. The molecule has 0 atom stereocenters. The van der Waals surface area contributed by atoms with E-state index in [2.05, 4.69) is 15.0 Å². The van der Waals surface area contributed by atoms with Crippen LogP contribution in [0.2, 0.25) is 5.15 Å². The van der Waals surface area contributed by atoms with Gasteiger partial charge >= 0.3 is 0 Å². The van der Waals surface area contributed by atoms with Crippen LogP contribution in [0.15, 0.2) is 47.7 Å². The number of hydrogen-bond acceptors (Lipinski definition) is 7. The zero-order chi connectivity index (χ0) is 20.4. The summed E-state index contributed by atoms with van der Waals surface area (Å²) in [5.41, 5.74) is 2.20. The number of halogens is 1. The largest absolute Gasteiger partial charge is 0.497 e. The number of pyridine rings is 1. The Morgan fingerprint density at radius 1 is 1.25 bits per heavy atom. The molecule has 0 N–H and O–H groups in total. The lowest BCUT2D eigenvalue weighted by molar-refractivity contribution is -0.484. The molecule has 0 bridgehead atoms. The molecular weight excluding hydrogens is 420 g/mol. The molecule has 0 amide bonds. The second-order valence-corrected chi connectivity index (χ2v) is 8.23. The first-order valence-electron chi connectivity index (χ1n) is 8.35. The average Bonchev–Trinajstić information content (AvgIpc) is 2.69. The molecule has 0 saturated heterocycles. The van der Waals surface area contributed by atoms with E-state index in [1.54, 1.807) is 25.6 Å². The van der Waals surface area contributed by atoms with Crippen LogP contribution in [0.5, 0.6) is 5.75 Å². The monoisotopic (exact) mass is 440 g/mol. The van der Waals surface area contributed by atoms with E-state index in [9.17, 15) is 10.1 Å². The van der Waals surface area contributed by atoms with Gasteiger partial charge in [-0.25, -0.2) is 15.1 Å². The Morgan fingerprint density at radius 2 is 1.93 bits per heavy atom. The fourth-order valence-corrected chi connectivity index (χ4v) is 4.05. The Kier molecular flexibility index (Phi) is 9.56. The number of ether oxygens (including phenoxy) is 1. The SMILES string of the molecule is COc1ccc(CN(CCS/C(=N/[N+](=O)[O-])SC)Cc2ccc(Cl)nc2)cc1. The Bertz CT molecular complexity index is 788. The highest BCUT2D eigenvalue weighted by Gasteiger charge is 2.11. The molecule has 150 valence electrons. The van der Waals surface area contributed by atoms with Crippen molar-refractivity contribution in [2.75, 3.05) is 25.7 Å². The first-order valence-corrected chi connectivity index (χ1v) is 10.9. The lowest BCUT2D eigenvalue weighted by Gasteiger charge is -2.22. The van der Waals surface area contributed by atoms with Gasteiger partial charge < -0.3 is 4.74 Å². The maximum Gasteiger partial charge on any atom is 0.203 e. The van der Waals surface area contributed by atoms with Crippen molar-refractivity contribution in [1.29, 1.82) is 0 Å². The first-order chi connectivity index (χ1) is 13.5. The average molecular weight is 441 g/mol. The van der Waals surface area contributed by atoms with Gasteiger partial charge in [0.25, 0.3) is 0 Å². The van der Waals surface area contributed by atoms with Crippen LogP contribution in [0.1, 0.15) is 11.1 Å². The molecule has 0 unspecified atom stereocenters. The molecule has 0 aliphatic rings. The Morgan fingerprint density at radius 3 is 2.50 bits per heavy atom. The summed E-state index contributed by atoms with van der Waals surface area (Å²) in [7, 11) is 1.64. The summed E-state index contributed by atoms with van der Waals surface area (Å²) in [6.45, 7) is 2.16. The number of hydrogen-bond donors (Lipinski definition) is 0. The molecule has 10 heteroatoms. The van der Waals surface area contributed by atoms with Gasteiger partial charge in [0.15, 0.2) is 5.03 Å². The minimum Gasteiger partial charge on any atom is -0.497 e. The highest BCUT2D eigenvalue weighted by molar-refractivity contribution is 8.38. The lowest BCUT2D eigenvalue weighted by atomic mass is 10.2. The predicted octanol–water partition coefficient (Wildman–Crippen LogP) is 4.39. The van der Waals surface area contributed by atoms with E-state index < -0.39 is 5.03 Å². The molecule has 0 saturated carbocycles. The summed E-state index contributed by atoms with van der Waals surface area (Å²) >= 11 is 8.53. The van der Waals surface area contributed by atoms with Gasteiger partial charge in [-0.15, -0.1) is 0 Å². The quantitative estimate of drug-likeness (QED) is 0.188. The van der Waals surface area contributed by atoms with Crippen molar-refractivity contribution in [3.8, 4) is 5.75 Å². The number of nitro groups is 1. The maximum atomic E-state index is 10.6. The Balaban J connectivity index is 2.03. The fraction of sp³-hybridized carbons (Fsp3) is 0.333. The van der Waals surface area contributed by atoms with Crippen LogP contribution in [-0.4, -0.2) is 45.0 Å². The summed E-state index contributed by atoms with van der Waals surface area (Å²) in [5.74, 6) is 1.50. The number of hydrazone groups is 1. The van der Waals surface area contributed by atoms with Crippen molar-refractivity contribution in [3.05, 3.63) is 69.0 Å². The van der Waals surface area contributed by atoms with Crippen LogP contribution in [0, 0.1) is 10.1 Å². The normalized spacial score (nSPS) is 11.6. The lowest BCUT2D eigenvalue weighted by Crippen LogP contribution is -2.25. The zero-order valence-electron chi connectivity index (χ0n) is 15.6. The third-order valence-corrected chi connectivity index (χ3v) is 5.95. The van der Waals surface area contributed by atoms with Crippen molar-refractivity contribution in [2.45, 2.75) is 13.1 Å². The Labute approximate surface area is 177 Å². The van der Waals surface area contributed by atoms with E-state index in [1.807, 2.05) is 30.3 Å². The van der Waals surface area contributed by atoms with Gasteiger partial charge in [-0.1, -0.05) is 53.3 Å². The molecule has 0 aliphatic carbocycles. The number of aromatic nitrogens is 1. The van der Waals surface area contributed by atoms with Crippen LogP contribution in [0.25, 0.3) is 0 Å². The predicted molar refractivity (Wildman–Crippen MR) is 117 cm³/mol. The molecule has 0 fully saturated rings. The van der Waals surface area contributed by atoms with Gasteiger partial charge in [0.2, 0.25) is 4.38 Å². The molecule has 1 aromatic carbocycles. The third kappa shape index (κ3) is 8.05. The van der Waals surface area contributed by atoms with Crippen LogP contribution >= 0.6 is 35.1 Å². The number of nitrogens with zero attached hydrogens (tertiary/aromatic N) is 4. The van der Waals surface area contributed by atoms with Crippen LogP contribution in [-0.2, 0) is 13.1 Å². The summed E-state index contributed by atoms with van der Waals surface area (Å²) in [5, 5.41) is 13.8. The van der Waals surface area contributed by atoms with Gasteiger partial charge in [-0.2, -0.15) is 0 Å². The van der Waals surface area contributed by atoms with Gasteiger partial charge in [-0.3, -0.25) is 4.90 Å². The van der Waals surface area contributed by atoms with E-state index in [4.69, 9.17) is 16.3 Å². The van der Waals surface area contributed by atoms with Crippen molar-refractivity contribution in [3.63, 3.8) is 0 Å². The van der Waals surface area contributed by atoms with Crippen LogP contribution in [0.4, 0.5) is 0 Å². The molecule has 1 aromatic heterocycles. The summed E-state index contributed by atoms with van der Waals surface area (Å²) in [6.07, 6.45) is 3.54. The van der Waals surface area contributed by atoms with Crippen molar-refractivity contribution in [1.82, 2.24) is 9.88 Å². The standard InChI is InChI=1S/C18H21ClN4O3S2/c1-26-16-6-3-14(4-7-16)12-22(13-15-5-8-17(19)20-11-15)9-10-28-18(27-2)21-23(24)25/h3-8,11H,9-10,12-13H2,1-2H3/b21-18+. The van der Waals surface area contributed by atoms with Gasteiger partial charge in [0.1, 0.15) is 10.9 Å². The molecule has 0 aliphatic heterocycles. The second-order valence-electron chi connectivity index (χ2n) is 5.70. The van der Waals surface area contributed by atoms with Crippen LogP contribution < -0.4 is 4.74 Å². The Hall–Kier alpha value is -1.81. The molecular formula is C18H21ClN4O3S2. The van der Waals surface area contributed by atoms with Crippen LogP contribution in [0.3, 0.4) is 0 Å². The van der Waals surface area contributed by atoms with E-state index in [0.29, 0.717) is 21.8 Å². The zero-order valence-corrected chi connectivity index (χ0v) is 18.0. The van der Waals surface area contributed by atoms with Crippen molar-refractivity contribution in [2.24, 2.45) is 5.10 Å². The smallest absolute Gasteiger partial charge is 0.203 e. The molecule has 28 heavy (non-hydrogen) atoms. The molecule has 1 heterocycles. The number of methoxy groups -OCH3 is 1. The van der Waals surface area contributed by atoms with E-state index in [1.165, 1.54) is 23.5 Å². The number of thioether (sulfide) groups is 2. The second kappa shape index (κ2) is 11.9. The molecule has 7 nitrogen and oxygen atoms in total. The molecule has 2 rings (SSSR count).